The van der Waals surface area contributed by atoms with Gasteiger partial charge in [0.2, 0.25) is 0 Å². The van der Waals surface area contributed by atoms with E-state index < -0.39 is 0 Å². The molecule has 0 saturated carbocycles. The molecule has 1 saturated heterocycles. The lowest BCUT2D eigenvalue weighted by Crippen LogP contribution is -2.50. The van der Waals surface area contributed by atoms with E-state index >= 15 is 0 Å². The van der Waals surface area contributed by atoms with Crippen LogP contribution in [0.3, 0.4) is 0 Å². The van der Waals surface area contributed by atoms with Gasteiger partial charge in [0.1, 0.15) is 9.88 Å². The predicted octanol–water partition coefficient (Wildman–Crippen LogP) is 3.73. The van der Waals surface area contributed by atoms with E-state index in [0.717, 1.165) is 10.6 Å². The average Bonchev–Trinajstić information content (AvgIpc) is 3.24. The molecule has 1 aromatic heterocycles. The van der Waals surface area contributed by atoms with Crippen LogP contribution in [-0.2, 0) is 0 Å². The van der Waals surface area contributed by atoms with Gasteiger partial charge in [-0.3, -0.25) is 9.59 Å². The maximum absolute atomic E-state index is 13.2. The SMILES string of the molecule is COc1ccc(-c2nc(C)c(C(=O)N3CCN(C(=O)c4ccccc4)CC3)s2)cc1OC. The Morgan fingerprint density at radius 3 is 2.12 bits per heavy atom. The molecule has 0 aliphatic carbocycles. The highest BCUT2D eigenvalue weighted by Gasteiger charge is 2.28. The third-order valence-electron chi connectivity index (χ3n) is 5.50. The summed E-state index contributed by atoms with van der Waals surface area (Å²) in [4.78, 5) is 34.7. The van der Waals surface area contributed by atoms with Crippen molar-refractivity contribution >= 4 is 23.2 Å². The molecule has 1 aliphatic rings. The number of aromatic nitrogens is 1. The monoisotopic (exact) mass is 451 g/mol. The van der Waals surface area contributed by atoms with Crippen LogP contribution in [-0.4, -0.2) is 67.0 Å². The average molecular weight is 452 g/mol. The second kappa shape index (κ2) is 9.40. The van der Waals surface area contributed by atoms with Gasteiger partial charge in [-0.1, -0.05) is 18.2 Å². The van der Waals surface area contributed by atoms with Gasteiger partial charge < -0.3 is 19.3 Å². The number of thiazole rings is 1. The first-order valence-corrected chi connectivity index (χ1v) is 11.2. The number of piperazine rings is 1. The molecule has 8 heteroatoms. The topological polar surface area (TPSA) is 72.0 Å². The maximum atomic E-state index is 13.2. The number of hydrogen-bond donors (Lipinski definition) is 0. The van der Waals surface area contributed by atoms with E-state index in [1.165, 1.54) is 11.3 Å². The molecule has 2 aromatic carbocycles. The van der Waals surface area contributed by atoms with Crippen LogP contribution in [0.1, 0.15) is 25.7 Å². The van der Waals surface area contributed by atoms with Crippen LogP contribution in [0, 0.1) is 6.92 Å². The highest BCUT2D eigenvalue weighted by Crippen LogP contribution is 2.35. The maximum Gasteiger partial charge on any atom is 0.265 e. The Hall–Kier alpha value is -3.39. The van der Waals surface area contributed by atoms with Gasteiger partial charge >= 0.3 is 0 Å². The fraction of sp³-hybridized carbons (Fsp3) is 0.292. The van der Waals surface area contributed by atoms with Crippen LogP contribution < -0.4 is 9.47 Å². The van der Waals surface area contributed by atoms with Gasteiger partial charge in [-0.25, -0.2) is 4.98 Å². The van der Waals surface area contributed by atoms with Crippen molar-refractivity contribution in [3.05, 3.63) is 64.7 Å². The summed E-state index contributed by atoms with van der Waals surface area (Å²) >= 11 is 1.37. The Morgan fingerprint density at radius 1 is 0.875 bits per heavy atom. The number of rotatable bonds is 5. The van der Waals surface area contributed by atoms with Crippen molar-refractivity contribution in [3.8, 4) is 22.1 Å². The van der Waals surface area contributed by atoms with Crippen molar-refractivity contribution < 1.29 is 19.1 Å². The lowest BCUT2D eigenvalue weighted by atomic mass is 10.2. The van der Waals surface area contributed by atoms with Crippen molar-refractivity contribution in [2.45, 2.75) is 6.92 Å². The third kappa shape index (κ3) is 4.31. The van der Waals surface area contributed by atoms with Crippen molar-refractivity contribution in [3.63, 3.8) is 0 Å². The zero-order chi connectivity index (χ0) is 22.7. The smallest absolute Gasteiger partial charge is 0.265 e. The molecule has 32 heavy (non-hydrogen) atoms. The Labute approximate surface area is 191 Å². The molecule has 3 aromatic rings. The molecule has 7 nitrogen and oxygen atoms in total. The Bertz CT molecular complexity index is 1120. The molecule has 166 valence electrons. The van der Waals surface area contributed by atoms with E-state index in [2.05, 4.69) is 4.98 Å². The minimum absolute atomic E-state index is 0.00223. The molecule has 4 rings (SSSR count). The van der Waals surface area contributed by atoms with Crippen LogP contribution in [0.4, 0.5) is 0 Å². The fourth-order valence-electron chi connectivity index (χ4n) is 3.71. The number of amides is 2. The third-order valence-corrected chi connectivity index (χ3v) is 6.69. The lowest BCUT2D eigenvalue weighted by molar-refractivity contribution is 0.0537. The first kappa shape index (κ1) is 21.8. The number of benzene rings is 2. The normalized spacial score (nSPS) is 13.7. The van der Waals surface area contributed by atoms with Gasteiger partial charge in [0.05, 0.1) is 19.9 Å². The van der Waals surface area contributed by atoms with Crippen molar-refractivity contribution in [1.82, 2.24) is 14.8 Å². The molecule has 0 spiro atoms. The molecule has 2 amide bonds. The van der Waals surface area contributed by atoms with Gasteiger partial charge in [0, 0.05) is 37.3 Å². The quantitative estimate of drug-likeness (QED) is 0.591. The standard InChI is InChI=1S/C24H25N3O4S/c1-16-21(32-22(25-16)18-9-10-19(30-2)20(15-18)31-3)24(29)27-13-11-26(12-14-27)23(28)17-7-5-4-6-8-17/h4-10,15H,11-14H2,1-3H3. The second-order valence-electron chi connectivity index (χ2n) is 7.45. The van der Waals surface area contributed by atoms with Gasteiger partial charge in [0.15, 0.2) is 11.5 Å². The van der Waals surface area contributed by atoms with Gasteiger partial charge in [0.25, 0.3) is 11.8 Å². The Kier molecular flexibility index (Phi) is 6.41. The molecular weight excluding hydrogens is 426 g/mol. The molecular formula is C24H25N3O4S. The first-order chi connectivity index (χ1) is 15.5. The summed E-state index contributed by atoms with van der Waals surface area (Å²) in [5, 5.41) is 0.754. The molecule has 1 fully saturated rings. The Morgan fingerprint density at radius 2 is 1.50 bits per heavy atom. The Balaban J connectivity index is 1.46. The summed E-state index contributed by atoms with van der Waals surface area (Å²) < 4.78 is 10.7. The fourth-order valence-corrected chi connectivity index (χ4v) is 4.74. The lowest BCUT2D eigenvalue weighted by Gasteiger charge is -2.34. The molecule has 0 atom stereocenters. The summed E-state index contributed by atoms with van der Waals surface area (Å²) in [5.41, 5.74) is 2.24. The van der Waals surface area contributed by atoms with Gasteiger partial charge in [-0.05, 0) is 37.3 Å². The highest BCUT2D eigenvalue weighted by molar-refractivity contribution is 7.17. The molecule has 0 N–H and O–H groups in total. The molecule has 0 unspecified atom stereocenters. The number of aryl methyl sites for hydroxylation is 1. The van der Waals surface area contributed by atoms with Crippen molar-refractivity contribution in [2.24, 2.45) is 0 Å². The minimum atomic E-state index is -0.0430. The van der Waals surface area contributed by atoms with E-state index in [0.29, 0.717) is 53.8 Å². The summed E-state index contributed by atoms with van der Waals surface area (Å²) in [6.45, 7) is 3.88. The first-order valence-electron chi connectivity index (χ1n) is 10.3. The molecule has 2 heterocycles. The van der Waals surface area contributed by atoms with Crippen LogP contribution in [0.2, 0.25) is 0 Å². The molecule has 1 aliphatic heterocycles. The number of hydrogen-bond acceptors (Lipinski definition) is 6. The van der Waals surface area contributed by atoms with E-state index in [9.17, 15) is 9.59 Å². The zero-order valence-electron chi connectivity index (χ0n) is 18.3. The van der Waals surface area contributed by atoms with E-state index in [4.69, 9.17) is 9.47 Å². The minimum Gasteiger partial charge on any atom is -0.493 e. The van der Waals surface area contributed by atoms with Crippen LogP contribution in [0.5, 0.6) is 11.5 Å². The summed E-state index contributed by atoms with van der Waals surface area (Å²) in [7, 11) is 3.18. The number of nitrogens with zero attached hydrogens (tertiary/aromatic N) is 3. The van der Waals surface area contributed by atoms with E-state index in [-0.39, 0.29) is 11.8 Å². The highest BCUT2D eigenvalue weighted by atomic mass is 32.1. The molecule has 0 bridgehead atoms. The van der Waals surface area contributed by atoms with E-state index in [1.807, 2.05) is 55.5 Å². The summed E-state index contributed by atoms with van der Waals surface area (Å²) in [6, 6.07) is 14.8. The van der Waals surface area contributed by atoms with Crippen LogP contribution in [0.25, 0.3) is 10.6 Å². The summed E-state index contributed by atoms with van der Waals surface area (Å²) in [5.74, 6) is 1.22. The van der Waals surface area contributed by atoms with Crippen LogP contribution in [0.15, 0.2) is 48.5 Å². The number of ether oxygens (including phenoxy) is 2. The van der Waals surface area contributed by atoms with Crippen molar-refractivity contribution in [2.75, 3.05) is 40.4 Å². The van der Waals surface area contributed by atoms with Crippen molar-refractivity contribution in [1.29, 1.82) is 0 Å². The second-order valence-corrected chi connectivity index (χ2v) is 8.45. The summed E-state index contributed by atoms with van der Waals surface area (Å²) in [6.07, 6.45) is 0. The number of methoxy groups -OCH3 is 2. The van der Waals surface area contributed by atoms with Crippen LogP contribution >= 0.6 is 11.3 Å². The largest absolute Gasteiger partial charge is 0.493 e. The predicted molar refractivity (Wildman–Crippen MR) is 124 cm³/mol. The number of carbonyl (C=O) groups excluding carboxylic acids is 2. The zero-order valence-corrected chi connectivity index (χ0v) is 19.1. The number of carbonyl (C=O) groups is 2. The van der Waals surface area contributed by atoms with E-state index in [1.54, 1.807) is 24.0 Å². The molecule has 0 radical (unpaired) electrons. The van der Waals surface area contributed by atoms with Gasteiger partial charge in [-0.15, -0.1) is 11.3 Å². The van der Waals surface area contributed by atoms with Gasteiger partial charge in [-0.2, -0.15) is 0 Å².